The molecule has 1 aromatic carbocycles. The number of hydrogen-bond donors (Lipinski definition) is 1. The number of benzene rings is 1. The zero-order valence-corrected chi connectivity index (χ0v) is 11.3. The van der Waals surface area contributed by atoms with Crippen LogP contribution in [-0.4, -0.2) is 25.2 Å². The third kappa shape index (κ3) is 3.13. The summed E-state index contributed by atoms with van der Waals surface area (Å²) in [6.45, 7) is 1.53. The van der Waals surface area contributed by atoms with Crippen molar-refractivity contribution in [2.75, 3.05) is 10.3 Å². The summed E-state index contributed by atoms with van der Waals surface area (Å²) in [5.74, 6) is -3.38. The zero-order chi connectivity index (χ0) is 14.8. The molecule has 0 aliphatic heterocycles. The van der Waals surface area contributed by atoms with Gasteiger partial charge in [-0.05, 0) is 18.6 Å². The Kier molecular flexibility index (Phi) is 4.70. The minimum absolute atomic E-state index is 0.160. The monoisotopic (exact) mass is 313 g/mol. The largest absolute Gasteiger partial charge is 0.478 e. The van der Waals surface area contributed by atoms with E-state index in [1.54, 1.807) is 0 Å². The predicted molar refractivity (Wildman–Crippen MR) is 66.0 cm³/mol. The molecule has 0 bridgehead atoms. The fourth-order valence-electron chi connectivity index (χ4n) is 1.36. The van der Waals surface area contributed by atoms with E-state index in [4.69, 9.17) is 16.7 Å². The van der Waals surface area contributed by atoms with Crippen molar-refractivity contribution in [1.82, 2.24) is 0 Å². The molecular weight excluding hydrogens is 304 g/mol. The van der Waals surface area contributed by atoms with E-state index in [9.17, 15) is 22.1 Å². The highest BCUT2D eigenvalue weighted by atomic mass is 35.5. The van der Waals surface area contributed by atoms with Crippen molar-refractivity contribution in [3.8, 4) is 0 Å². The Morgan fingerprint density at radius 1 is 1.47 bits per heavy atom. The van der Waals surface area contributed by atoms with Crippen LogP contribution in [0.3, 0.4) is 0 Å². The van der Waals surface area contributed by atoms with Crippen molar-refractivity contribution in [3.05, 3.63) is 28.5 Å². The molecule has 0 atom stereocenters. The van der Waals surface area contributed by atoms with Crippen LogP contribution in [0.1, 0.15) is 23.7 Å². The van der Waals surface area contributed by atoms with Gasteiger partial charge in [-0.2, -0.15) is 0 Å². The Hall–Kier alpha value is -1.41. The van der Waals surface area contributed by atoms with E-state index >= 15 is 0 Å². The van der Waals surface area contributed by atoms with Gasteiger partial charge in [-0.15, -0.1) is 4.53 Å². The molecule has 0 spiro atoms. The second kappa shape index (κ2) is 5.70. The van der Waals surface area contributed by atoms with Gasteiger partial charge in [0, 0.05) is 0 Å². The molecule has 0 aromatic heterocycles. The number of halogens is 3. The molecule has 1 N–H and O–H groups in total. The van der Waals surface area contributed by atoms with Gasteiger partial charge in [0.15, 0.2) is 0 Å². The van der Waals surface area contributed by atoms with Crippen LogP contribution >= 0.6 is 11.6 Å². The number of anilines is 1. The van der Waals surface area contributed by atoms with Gasteiger partial charge >= 0.3 is 5.97 Å². The van der Waals surface area contributed by atoms with Crippen LogP contribution in [0, 0.1) is 5.82 Å². The molecule has 0 amide bonds. The van der Waals surface area contributed by atoms with E-state index in [2.05, 4.69) is 0 Å². The maximum atomic E-state index is 13.8. The van der Waals surface area contributed by atoms with E-state index in [1.807, 2.05) is 0 Å². The molecule has 9 heteroatoms. The molecule has 0 aliphatic carbocycles. The van der Waals surface area contributed by atoms with Gasteiger partial charge in [0.25, 0.3) is 10.0 Å². The van der Waals surface area contributed by atoms with Crippen LogP contribution in [0.2, 0.25) is 5.02 Å². The van der Waals surface area contributed by atoms with E-state index in [1.165, 1.54) is 6.92 Å². The fourth-order valence-corrected chi connectivity index (χ4v) is 2.85. The first-order valence-electron chi connectivity index (χ1n) is 5.12. The van der Waals surface area contributed by atoms with Gasteiger partial charge in [-0.25, -0.2) is 17.6 Å². The standard InChI is InChI=1S/C10H10ClF2NO4S/c1-2-5-19(17,18)14(13)7-4-3-6(12)8(9(7)11)10(15)16/h3-4H,2,5H2,1H3,(H,15,16). The molecule has 0 radical (unpaired) electrons. The third-order valence-electron chi connectivity index (χ3n) is 2.18. The molecule has 0 saturated carbocycles. The highest BCUT2D eigenvalue weighted by molar-refractivity contribution is 7.92. The lowest BCUT2D eigenvalue weighted by Gasteiger charge is -2.16. The highest BCUT2D eigenvalue weighted by Gasteiger charge is 2.28. The minimum Gasteiger partial charge on any atom is -0.478 e. The van der Waals surface area contributed by atoms with Crippen molar-refractivity contribution in [2.45, 2.75) is 13.3 Å². The zero-order valence-electron chi connectivity index (χ0n) is 9.73. The Labute approximate surface area is 113 Å². The summed E-state index contributed by atoms with van der Waals surface area (Å²) in [5.41, 5.74) is -1.71. The average molecular weight is 314 g/mol. The molecule has 0 unspecified atom stereocenters. The molecule has 0 heterocycles. The quantitative estimate of drug-likeness (QED) is 0.848. The number of carboxylic acids is 1. The van der Waals surface area contributed by atoms with Crippen molar-refractivity contribution in [3.63, 3.8) is 0 Å². The average Bonchev–Trinajstić information content (AvgIpc) is 2.27. The normalized spacial score (nSPS) is 11.4. The number of carboxylic acid groups (broad SMARTS) is 1. The first kappa shape index (κ1) is 15.6. The number of nitrogens with zero attached hydrogens (tertiary/aromatic N) is 1. The third-order valence-corrected chi connectivity index (χ3v) is 4.17. The van der Waals surface area contributed by atoms with E-state index in [0.717, 1.165) is 6.07 Å². The summed E-state index contributed by atoms with van der Waals surface area (Å²) in [7, 11) is -4.27. The Morgan fingerprint density at radius 3 is 2.53 bits per heavy atom. The van der Waals surface area contributed by atoms with Gasteiger partial charge in [0.1, 0.15) is 17.1 Å². The summed E-state index contributed by atoms with van der Waals surface area (Å²) < 4.78 is 49.4. The highest BCUT2D eigenvalue weighted by Crippen LogP contribution is 2.33. The smallest absolute Gasteiger partial charge is 0.340 e. The lowest BCUT2D eigenvalue weighted by Crippen LogP contribution is -2.25. The number of aromatic carboxylic acids is 1. The van der Waals surface area contributed by atoms with Gasteiger partial charge in [-0.1, -0.05) is 23.0 Å². The first-order valence-corrected chi connectivity index (χ1v) is 7.11. The van der Waals surface area contributed by atoms with Crippen LogP contribution in [-0.2, 0) is 10.0 Å². The molecule has 1 aromatic rings. The van der Waals surface area contributed by atoms with Crippen LogP contribution in [0.15, 0.2) is 12.1 Å². The van der Waals surface area contributed by atoms with Gasteiger partial charge in [0.2, 0.25) is 0 Å². The molecule has 1 rings (SSSR count). The van der Waals surface area contributed by atoms with Crippen LogP contribution in [0.4, 0.5) is 14.6 Å². The van der Waals surface area contributed by atoms with Crippen LogP contribution in [0.5, 0.6) is 0 Å². The maximum Gasteiger partial charge on any atom is 0.340 e. The van der Waals surface area contributed by atoms with Crippen LogP contribution in [0.25, 0.3) is 0 Å². The number of carbonyl (C=O) groups is 1. The first-order chi connectivity index (χ1) is 8.72. The number of rotatable bonds is 5. The van der Waals surface area contributed by atoms with Crippen molar-refractivity contribution < 1.29 is 27.2 Å². The predicted octanol–water partition coefficient (Wildman–Crippen LogP) is 2.61. The van der Waals surface area contributed by atoms with E-state index < -0.39 is 48.4 Å². The number of sulfonamides is 1. The Morgan fingerprint density at radius 2 is 2.05 bits per heavy atom. The Bertz CT molecular complexity index is 606. The molecule has 0 saturated heterocycles. The van der Waals surface area contributed by atoms with Gasteiger partial charge in [0.05, 0.1) is 10.8 Å². The van der Waals surface area contributed by atoms with E-state index in [-0.39, 0.29) is 6.42 Å². The van der Waals surface area contributed by atoms with Crippen molar-refractivity contribution >= 4 is 33.3 Å². The molecule has 19 heavy (non-hydrogen) atoms. The van der Waals surface area contributed by atoms with E-state index in [0.29, 0.717) is 6.07 Å². The van der Waals surface area contributed by atoms with Gasteiger partial charge < -0.3 is 5.11 Å². The SMILES string of the molecule is CCCS(=O)(=O)N(F)c1ccc(F)c(C(=O)O)c1Cl. The number of hydrogen-bond acceptors (Lipinski definition) is 3. The Balaban J connectivity index is 3.38. The van der Waals surface area contributed by atoms with Crippen molar-refractivity contribution in [1.29, 1.82) is 0 Å². The second-order valence-corrected chi connectivity index (χ2v) is 5.86. The fraction of sp³-hybridized carbons (Fsp3) is 0.300. The molecular formula is C10H10ClF2NO4S. The van der Waals surface area contributed by atoms with Crippen LogP contribution < -0.4 is 4.53 Å². The second-order valence-electron chi connectivity index (χ2n) is 3.59. The van der Waals surface area contributed by atoms with Gasteiger partial charge in [-0.3, -0.25) is 0 Å². The lowest BCUT2D eigenvalue weighted by molar-refractivity contribution is 0.0692. The molecule has 0 fully saturated rings. The summed E-state index contributed by atoms with van der Waals surface area (Å²) >= 11 is 5.54. The minimum atomic E-state index is -4.27. The topological polar surface area (TPSA) is 74.7 Å². The molecule has 106 valence electrons. The summed E-state index contributed by atoms with van der Waals surface area (Å²) in [4.78, 5) is 10.8. The van der Waals surface area contributed by atoms with Crippen molar-refractivity contribution in [2.24, 2.45) is 0 Å². The summed E-state index contributed by atoms with van der Waals surface area (Å²) in [6, 6.07) is 1.40. The summed E-state index contributed by atoms with van der Waals surface area (Å²) in [5, 5.41) is 7.93. The maximum absolute atomic E-state index is 13.8. The molecule has 0 aliphatic rings. The lowest BCUT2D eigenvalue weighted by atomic mass is 10.2. The summed E-state index contributed by atoms with van der Waals surface area (Å²) in [6.07, 6.45) is 0.160. The molecule has 5 nitrogen and oxygen atoms in total.